The molecular formula is C15H28N2O. The summed E-state index contributed by atoms with van der Waals surface area (Å²) in [6, 6.07) is 0. The SMILES string of the molecule is CC1(CN2CCNC3(CCCCC3)C2)CCCO1. The Morgan fingerprint density at radius 1 is 1.11 bits per heavy atom. The molecule has 3 heteroatoms. The van der Waals surface area contributed by atoms with Crippen LogP contribution in [-0.2, 0) is 4.74 Å². The zero-order chi connectivity index (χ0) is 12.5. The fourth-order valence-electron chi connectivity index (χ4n) is 4.18. The summed E-state index contributed by atoms with van der Waals surface area (Å²) in [5, 5.41) is 3.82. The third kappa shape index (κ3) is 2.73. The van der Waals surface area contributed by atoms with E-state index in [1.165, 1.54) is 58.0 Å². The maximum Gasteiger partial charge on any atom is 0.0781 e. The van der Waals surface area contributed by atoms with Crippen molar-refractivity contribution in [2.45, 2.75) is 63.0 Å². The summed E-state index contributed by atoms with van der Waals surface area (Å²) >= 11 is 0. The molecule has 3 aliphatic rings. The van der Waals surface area contributed by atoms with Crippen molar-refractivity contribution in [2.24, 2.45) is 0 Å². The number of hydrogen-bond acceptors (Lipinski definition) is 3. The Morgan fingerprint density at radius 2 is 1.94 bits per heavy atom. The van der Waals surface area contributed by atoms with Gasteiger partial charge in [0.05, 0.1) is 5.60 Å². The van der Waals surface area contributed by atoms with Crippen LogP contribution in [0.5, 0.6) is 0 Å². The maximum atomic E-state index is 5.96. The van der Waals surface area contributed by atoms with Gasteiger partial charge in [-0.1, -0.05) is 19.3 Å². The smallest absolute Gasteiger partial charge is 0.0781 e. The van der Waals surface area contributed by atoms with Gasteiger partial charge < -0.3 is 10.1 Å². The van der Waals surface area contributed by atoms with Crippen molar-refractivity contribution in [3.63, 3.8) is 0 Å². The number of nitrogens with zero attached hydrogens (tertiary/aromatic N) is 1. The summed E-state index contributed by atoms with van der Waals surface area (Å²) in [6.45, 7) is 8.00. The lowest BCUT2D eigenvalue weighted by Crippen LogP contribution is -2.62. The zero-order valence-electron chi connectivity index (χ0n) is 11.8. The molecule has 2 aliphatic heterocycles. The van der Waals surface area contributed by atoms with Crippen molar-refractivity contribution in [3.8, 4) is 0 Å². The van der Waals surface area contributed by atoms with Crippen LogP contribution < -0.4 is 5.32 Å². The third-order valence-electron chi connectivity index (χ3n) is 5.12. The monoisotopic (exact) mass is 252 g/mol. The lowest BCUT2D eigenvalue weighted by atomic mass is 9.80. The molecule has 0 bridgehead atoms. The van der Waals surface area contributed by atoms with Crippen LogP contribution in [0.4, 0.5) is 0 Å². The first-order valence-electron chi connectivity index (χ1n) is 7.81. The van der Waals surface area contributed by atoms with Gasteiger partial charge in [0, 0.05) is 38.3 Å². The molecule has 1 atom stereocenters. The summed E-state index contributed by atoms with van der Waals surface area (Å²) in [5.74, 6) is 0. The van der Waals surface area contributed by atoms with Crippen molar-refractivity contribution >= 4 is 0 Å². The van der Waals surface area contributed by atoms with E-state index in [1.807, 2.05) is 0 Å². The molecule has 2 saturated heterocycles. The fourth-order valence-corrected chi connectivity index (χ4v) is 4.18. The summed E-state index contributed by atoms with van der Waals surface area (Å²) in [4.78, 5) is 2.66. The van der Waals surface area contributed by atoms with Gasteiger partial charge >= 0.3 is 0 Å². The Labute approximate surface area is 111 Å². The number of hydrogen-bond donors (Lipinski definition) is 1. The molecule has 2 heterocycles. The van der Waals surface area contributed by atoms with Crippen LogP contribution in [0.2, 0.25) is 0 Å². The van der Waals surface area contributed by atoms with Crippen LogP contribution >= 0.6 is 0 Å². The highest BCUT2D eigenvalue weighted by Crippen LogP contribution is 2.32. The number of nitrogens with one attached hydrogen (secondary N) is 1. The van der Waals surface area contributed by atoms with Crippen LogP contribution in [-0.4, -0.2) is 48.8 Å². The van der Waals surface area contributed by atoms with Gasteiger partial charge in [0.25, 0.3) is 0 Å². The van der Waals surface area contributed by atoms with Gasteiger partial charge in [-0.05, 0) is 32.6 Å². The van der Waals surface area contributed by atoms with Crippen molar-refractivity contribution in [3.05, 3.63) is 0 Å². The molecule has 1 saturated carbocycles. The van der Waals surface area contributed by atoms with E-state index in [1.54, 1.807) is 0 Å². The van der Waals surface area contributed by atoms with E-state index < -0.39 is 0 Å². The lowest BCUT2D eigenvalue weighted by molar-refractivity contribution is -0.0247. The first-order chi connectivity index (χ1) is 8.70. The van der Waals surface area contributed by atoms with Crippen LogP contribution in [0.15, 0.2) is 0 Å². The highest BCUT2D eigenvalue weighted by Gasteiger charge is 2.39. The molecule has 0 amide bonds. The predicted octanol–water partition coefficient (Wildman–Crippen LogP) is 2.16. The van der Waals surface area contributed by atoms with Crippen molar-refractivity contribution in [1.82, 2.24) is 10.2 Å². The first-order valence-corrected chi connectivity index (χ1v) is 7.81. The minimum Gasteiger partial charge on any atom is -0.374 e. The molecule has 1 unspecified atom stereocenters. The Balaban J connectivity index is 1.59. The molecule has 0 aromatic heterocycles. The van der Waals surface area contributed by atoms with Crippen molar-refractivity contribution in [2.75, 3.05) is 32.8 Å². The average Bonchev–Trinajstić information content (AvgIpc) is 2.77. The standard InChI is InChI=1S/C15H28N2O/c1-14(6-5-11-18-14)12-17-10-9-16-15(13-17)7-3-2-4-8-15/h16H,2-13H2,1H3. The minimum absolute atomic E-state index is 0.132. The number of rotatable bonds is 2. The molecule has 18 heavy (non-hydrogen) atoms. The van der Waals surface area contributed by atoms with Crippen LogP contribution in [0.1, 0.15) is 51.9 Å². The summed E-state index contributed by atoms with van der Waals surface area (Å²) in [6.07, 6.45) is 9.49. The maximum absolute atomic E-state index is 5.96. The third-order valence-corrected chi connectivity index (χ3v) is 5.12. The molecule has 1 spiro atoms. The van der Waals surface area contributed by atoms with E-state index in [0.717, 1.165) is 19.7 Å². The van der Waals surface area contributed by atoms with Crippen molar-refractivity contribution < 1.29 is 4.74 Å². The van der Waals surface area contributed by atoms with Crippen LogP contribution in [0.25, 0.3) is 0 Å². The normalized spacial score (nSPS) is 37.2. The van der Waals surface area contributed by atoms with Gasteiger partial charge in [0.1, 0.15) is 0 Å². The van der Waals surface area contributed by atoms with Crippen molar-refractivity contribution in [1.29, 1.82) is 0 Å². The van der Waals surface area contributed by atoms with Gasteiger partial charge in [-0.3, -0.25) is 4.90 Å². The molecule has 3 nitrogen and oxygen atoms in total. The van der Waals surface area contributed by atoms with Gasteiger partial charge in [-0.25, -0.2) is 0 Å². The highest BCUT2D eigenvalue weighted by molar-refractivity contribution is 4.98. The second kappa shape index (κ2) is 5.10. The lowest BCUT2D eigenvalue weighted by Gasteiger charge is -2.47. The van der Waals surface area contributed by atoms with E-state index in [0.29, 0.717) is 5.54 Å². The second-order valence-electron chi connectivity index (χ2n) is 6.88. The number of ether oxygens (including phenoxy) is 1. The molecule has 1 N–H and O–H groups in total. The van der Waals surface area contributed by atoms with E-state index >= 15 is 0 Å². The van der Waals surface area contributed by atoms with E-state index in [9.17, 15) is 0 Å². The van der Waals surface area contributed by atoms with Gasteiger partial charge in [0.15, 0.2) is 0 Å². The molecule has 0 radical (unpaired) electrons. The van der Waals surface area contributed by atoms with E-state index in [2.05, 4.69) is 17.1 Å². The van der Waals surface area contributed by atoms with E-state index in [-0.39, 0.29) is 5.60 Å². The summed E-state index contributed by atoms with van der Waals surface area (Å²) in [7, 11) is 0. The molecule has 1 aliphatic carbocycles. The molecule has 3 rings (SSSR count). The Bertz CT molecular complexity index is 275. The first kappa shape index (κ1) is 12.9. The predicted molar refractivity (Wildman–Crippen MR) is 73.8 cm³/mol. The zero-order valence-corrected chi connectivity index (χ0v) is 11.8. The Morgan fingerprint density at radius 3 is 2.67 bits per heavy atom. The molecule has 3 fully saturated rings. The fraction of sp³-hybridized carbons (Fsp3) is 1.00. The van der Waals surface area contributed by atoms with Gasteiger partial charge in [0.2, 0.25) is 0 Å². The molecule has 104 valence electrons. The quantitative estimate of drug-likeness (QED) is 0.815. The summed E-state index contributed by atoms with van der Waals surface area (Å²) < 4.78 is 5.96. The van der Waals surface area contributed by atoms with Crippen LogP contribution in [0, 0.1) is 0 Å². The van der Waals surface area contributed by atoms with Crippen LogP contribution in [0.3, 0.4) is 0 Å². The largest absolute Gasteiger partial charge is 0.374 e. The summed E-state index contributed by atoms with van der Waals surface area (Å²) in [5.41, 5.74) is 0.568. The highest BCUT2D eigenvalue weighted by atomic mass is 16.5. The Kier molecular flexibility index (Phi) is 3.65. The second-order valence-corrected chi connectivity index (χ2v) is 6.88. The minimum atomic E-state index is 0.132. The van der Waals surface area contributed by atoms with Gasteiger partial charge in [-0.15, -0.1) is 0 Å². The number of piperazine rings is 1. The topological polar surface area (TPSA) is 24.5 Å². The van der Waals surface area contributed by atoms with Gasteiger partial charge in [-0.2, -0.15) is 0 Å². The molecule has 0 aromatic rings. The molecular weight excluding hydrogens is 224 g/mol. The average molecular weight is 252 g/mol. The Hall–Kier alpha value is -0.120. The molecule has 0 aromatic carbocycles. The van der Waals surface area contributed by atoms with E-state index in [4.69, 9.17) is 4.74 Å².